The Hall–Kier alpha value is -2.56. The van der Waals surface area contributed by atoms with Gasteiger partial charge in [0.15, 0.2) is 0 Å². The van der Waals surface area contributed by atoms with Crippen LogP contribution in [0.3, 0.4) is 0 Å². The Morgan fingerprint density at radius 2 is 1.28 bits per heavy atom. The van der Waals surface area contributed by atoms with Gasteiger partial charge < -0.3 is 5.32 Å². The number of benzene rings is 3. The van der Waals surface area contributed by atoms with Crippen molar-refractivity contribution in [1.29, 1.82) is 0 Å². The van der Waals surface area contributed by atoms with Gasteiger partial charge in [-0.25, -0.2) is 0 Å². The molecule has 0 saturated heterocycles. The fourth-order valence-corrected chi connectivity index (χ4v) is 3.00. The molecule has 0 bridgehead atoms. The molecular formula is C24H23ClF3N. The van der Waals surface area contributed by atoms with Crippen molar-refractivity contribution in [2.75, 3.05) is 6.54 Å². The summed E-state index contributed by atoms with van der Waals surface area (Å²) in [5.74, 6) is 0. The van der Waals surface area contributed by atoms with Crippen molar-refractivity contribution in [2.24, 2.45) is 0 Å². The molecule has 0 spiro atoms. The van der Waals surface area contributed by atoms with Crippen molar-refractivity contribution in [3.05, 3.63) is 113 Å². The summed E-state index contributed by atoms with van der Waals surface area (Å²) < 4.78 is 37.8. The molecule has 3 aromatic carbocycles. The zero-order chi connectivity index (χ0) is 19.8. The Morgan fingerprint density at radius 1 is 0.759 bits per heavy atom. The minimum Gasteiger partial charge on any atom is -0.312 e. The van der Waals surface area contributed by atoms with Gasteiger partial charge in [0.1, 0.15) is 0 Å². The number of hydrogen-bond donors (Lipinski definition) is 1. The standard InChI is InChI=1S/C24H22F3N.ClH/c25-24(26,27)22-15-13-19(14-16-22)18-28-17-7-12-23(20-8-3-1-4-9-20)21-10-5-2-6-11-21;/h1-6,8-16,28H,7,17-18H2;1H. The molecule has 0 aliphatic carbocycles. The molecule has 0 unspecified atom stereocenters. The number of nitrogens with one attached hydrogen (secondary N) is 1. The van der Waals surface area contributed by atoms with Gasteiger partial charge in [0.25, 0.3) is 0 Å². The van der Waals surface area contributed by atoms with Gasteiger partial charge in [-0.15, -0.1) is 12.4 Å². The Bertz CT molecular complexity index is 847. The van der Waals surface area contributed by atoms with Crippen LogP contribution in [0.1, 0.15) is 28.7 Å². The molecule has 0 radical (unpaired) electrons. The van der Waals surface area contributed by atoms with E-state index < -0.39 is 11.7 Å². The van der Waals surface area contributed by atoms with Crippen molar-refractivity contribution in [1.82, 2.24) is 5.32 Å². The lowest BCUT2D eigenvalue weighted by atomic mass is 9.97. The van der Waals surface area contributed by atoms with Gasteiger partial charge in [-0.2, -0.15) is 13.2 Å². The van der Waals surface area contributed by atoms with Crippen LogP contribution in [0.4, 0.5) is 13.2 Å². The molecule has 3 aromatic rings. The quantitative estimate of drug-likeness (QED) is 0.420. The van der Waals surface area contributed by atoms with Crippen molar-refractivity contribution >= 4 is 18.0 Å². The van der Waals surface area contributed by atoms with Crippen LogP contribution in [0.5, 0.6) is 0 Å². The van der Waals surface area contributed by atoms with E-state index >= 15 is 0 Å². The second kappa shape index (κ2) is 10.8. The molecule has 3 rings (SSSR count). The highest BCUT2D eigenvalue weighted by molar-refractivity contribution is 5.85. The third-order valence-electron chi connectivity index (χ3n) is 4.45. The van der Waals surface area contributed by atoms with Crippen molar-refractivity contribution < 1.29 is 13.2 Å². The maximum atomic E-state index is 12.6. The summed E-state index contributed by atoms with van der Waals surface area (Å²) in [7, 11) is 0. The molecule has 0 amide bonds. The molecule has 0 aliphatic heterocycles. The van der Waals surface area contributed by atoms with Crippen LogP contribution in [-0.4, -0.2) is 6.54 Å². The lowest BCUT2D eigenvalue weighted by Crippen LogP contribution is -2.14. The maximum absolute atomic E-state index is 12.6. The summed E-state index contributed by atoms with van der Waals surface area (Å²) in [5, 5.41) is 3.29. The Balaban J connectivity index is 0.00000300. The average molecular weight is 418 g/mol. The van der Waals surface area contributed by atoms with E-state index in [-0.39, 0.29) is 12.4 Å². The molecule has 0 aromatic heterocycles. The normalized spacial score (nSPS) is 10.9. The van der Waals surface area contributed by atoms with E-state index in [4.69, 9.17) is 0 Å². The molecule has 0 aliphatic rings. The second-order valence-electron chi connectivity index (χ2n) is 6.51. The van der Waals surface area contributed by atoms with Crippen molar-refractivity contribution in [3.8, 4) is 0 Å². The minimum atomic E-state index is -4.29. The number of halogens is 4. The zero-order valence-electron chi connectivity index (χ0n) is 15.8. The molecule has 29 heavy (non-hydrogen) atoms. The predicted molar refractivity (Wildman–Crippen MR) is 115 cm³/mol. The molecular weight excluding hydrogens is 395 g/mol. The van der Waals surface area contributed by atoms with Crippen LogP contribution in [0.2, 0.25) is 0 Å². The van der Waals surface area contributed by atoms with Crippen LogP contribution in [0.25, 0.3) is 5.57 Å². The van der Waals surface area contributed by atoms with Crippen LogP contribution < -0.4 is 5.32 Å². The van der Waals surface area contributed by atoms with E-state index in [0.717, 1.165) is 41.8 Å². The average Bonchev–Trinajstić information content (AvgIpc) is 2.72. The minimum absolute atomic E-state index is 0. The third-order valence-corrected chi connectivity index (χ3v) is 4.45. The topological polar surface area (TPSA) is 12.0 Å². The van der Waals surface area contributed by atoms with Gasteiger partial charge in [0.05, 0.1) is 5.56 Å². The summed E-state index contributed by atoms with van der Waals surface area (Å²) in [6.07, 6.45) is -1.27. The predicted octanol–water partition coefficient (Wildman–Crippen LogP) is 6.74. The van der Waals surface area contributed by atoms with E-state index in [1.54, 1.807) is 0 Å². The largest absolute Gasteiger partial charge is 0.416 e. The number of rotatable bonds is 7. The van der Waals surface area contributed by atoms with Crippen LogP contribution in [0.15, 0.2) is 91.0 Å². The summed E-state index contributed by atoms with van der Waals surface area (Å²) in [4.78, 5) is 0. The zero-order valence-corrected chi connectivity index (χ0v) is 16.6. The van der Waals surface area contributed by atoms with Gasteiger partial charge in [-0.3, -0.25) is 0 Å². The summed E-state index contributed by atoms with van der Waals surface area (Å²) in [5.41, 5.74) is 3.73. The van der Waals surface area contributed by atoms with Crippen LogP contribution in [0, 0.1) is 0 Å². The van der Waals surface area contributed by atoms with E-state index in [2.05, 4.69) is 35.7 Å². The summed E-state index contributed by atoms with van der Waals surface area (Å²) in [6, 6.07) is 25.7. The van der Waals surface area contributed by atoms with E-state index in [1.807, 2.05) is 36.4 Å². The van der Waals surface area contributed by atoms with Gasteiger partial charge in [-0.05, 0) is 47.4 Å². The van der Waals surface area contributed by atoms with Crippen molar-refractivity contribution in [3.63, 3.8) is 0 Å². The molecule has 1 N–H and O–H groups in total. The highest BCUT2D eigenvalue weighted by Gasteiger charge is 2.29. The van der Waals surface area contributed by atoms with Gasteiger partial charge in [-0.1, -0.05) is 78.9 Å². The van der Waals surface area contributed by atoms with Crippen molar-refractivity contribution in [2.45, 2.75) is 19.1 Å². The fraction of sp³-hybridized carbons (Fsp3) is 0.167. The number of hydrogen-bond acceptors (Lipinski definition) is 1. The lowest BCUT2D eigenvalue weighted by Gasteiger charge is -2.10. The van der Waals surface area contributed by atoms with E-state index in [0.29, 0.717) is 6.54 Å². The monoisotopic (exact) mass is 417 g/mol. The first-order valence-electron chi connectivity index (χ1n) is 9.22. The first-order chi connectivity index (χ1) is 13.5. The van der Waals surface area contributed by atoms with Crippen LogP contribution in [-0.2, 0) is 12.7 Å². The molecule has 0 saturated carbocycles. The Labute approximate surface area is 175 Å². The van der Waals surface area contributed by atoms with Gasteiger partial charge in [0, 0.05) is 6.54 Å². The molecule has 0 heterocycles. The highest BCUT2D eigenvalue weighted by Crippen LogP contribution is 2.29. The van der Waals surface area contributed by atoms with Gasteiger partial charge >= 0.3 is 6.18 Å². The smallest absolute Gasteiger partial charge is 0.312 e. The first-order valence-corrected chi connectivity index (χ1v) is 9.22. The van der Waals surface area contributed by atoms with Gasteiger partial charge in [0.2, 0.25) is 0 Å². The van der Waals surface area contributed by atoms with E-state index in [9.17, 15) is 13.2 Å². The lowest BCUT2D eigenvalue weighted by molar-refractivity contribution is -0.137. The maximum Gasteiger partial charge on any atom is 0.416 e. The SMILES string of the molecule is Cl.FC(F)(F)c1ccc(CNCCC=C(c2ccccc2)c2ccccc2)cc1. The van der Waals surface area contributed by atoms with Crippen LogP contribution >= 0.6 is 12.4 Å². The molecule has 5 heteroatoms. The van der Waals surface area contributed by atoms with E-state index in [1.165, 1.54) is 17.7 Å². The molecule has 0 fully saturated rings. The molecule has 1 nitrogen and oxygen atoms in total. The first kappa shape index (κ1) is 22.7. The highest BCUT2D eigenvalue weighted by atomic mass is 35.5. The third kappa shape index (κ3) is 6.77. The Kier molecular flexibility index (Phi) is 8.50. The molecule has 152 valence electrons. The molecule has 0 atom stereocenters. The second-order valence-corrected chi connectivity index (χ2v) is 6.51. The number of alkyl halides is 3. The fourth-order valence-electron chi connectivity index (χ4n) is 3.00. The summed E-state index contributed by atoms with van der Waals surface area (Å²) in [6.45, 7) is 1.28. The Morgan fingerprint density at radius 3 is 1.76 bits per heavy atom. The summed E-state index contributed by atoms with van der Waals surface area (Å²) >= 11 is 0.